The molecule has 9 saturated carbocycles. The number of hydrogen-bond acceptors (Lipinski definition) is 4. The van der Waals surface area contributed by atoms with Gasteiger partial charge in [-0.2, -0.15) is 0 Å². The van der Waals surface area contributed by atoms with Crippen LogP contribution in [0.15, 0.2) is 82.4 Å². The van der Waals surface area contributed by atoms with Crippen LogP contribution < -0.4 is 0 Å². The van der Waals surface area contributed by atoms with Crippen molar-refractivity contribution in [2.45, 2.75) is 240 Å². The first kappa shape index (κ1) is 57.4. The second-order valence-electron chi connectivity index (χ2n) is 32.9. The Labute approximate surface area is 505 Å². The maximum atomic E-state index is 13.4. The molecule has 10 fully saturated rings. The largest absolute Gasteiger partial charge is 0.374 e. The summed E-state index contributed by atoms with van der Waals surface area (Å²) in [5, 5.41) is 0. The quantitative estimate of drug-likeness (QED) is 0.179. The molecule has 16 rings (SSSR count). The highest BCUT2D eigenvalue weighted by molar-refractivity contribution is 6.07. The van der Waals surface area contributed by atoms with Gasteiger partial charge in [-0.1, -0.05) is 152 Å². The third-order valence-corrected chi connectivity index (χ3v) is 30.6. The minimum atomic E-state index is -0.361. The zero-order chi connectivity index (χ0) is 58.8. The maximum Gasteiger partial charge on any atom is 0.227 e. The van der Waals surface area contributed by atoms with E-state index in [1.807, 2.05) is 0 Å². The molecular weight excluding hydrogens is 1030 g/mol. The Balaban J connectivity index is 0.000000112. The van der Waals surface area contributed by atoms with Crippen LogP contribution >= 0.6 is 0 Å². The average Bonchev–Trinajstić information content (AvgIpc) is 1.25. The van der Waals surface area contributed by atoms with E-state index in [0.29, 0.717) is 68.8 Å². The van der Waals surface area contributed by atoms with Crippen molar-refractivity contribution in [1.29, 1.82) is 0 Å². The molecule has 84 heavy (non-hydrogen) atoms. The summed E-state index contributed by atoms with van der Waals surface area (Å²) in [7, 11) is 0. The first-order valence-corrected chi connectivity index (χ1v) is 34.5. The van der Waals surface area contributed by atoms with Crippen molar-refractivity contribution in [3.8, 4) is 0 Å². The zero-order valence-electron chi connectivity index (χ0n) is 52.6. The standard InChI is InChI=1S/C27H35NO2.C25H33NO.C25H31NO/c1-24-17-21(28-3)23(29)26(11-4-5-12-26)22(24)8-7-18-19(24)9-14-25(2)20(18)10-15-27(25)13-6-16-30-27;2*1-16-7-9-18-17-8-10-21-24(3,19(17)11-14-23(16,18)2)15-20(26-4)22(27)25(21)12-5-6-13-25/h8,17-20H,4-7,9-16H2,1-2H3;10,15-19H,5-9,11-14H2,1-3H3;10,15,17-19H,1,5-9,11-14H2,2-3H3/t18-,19+,20+,24-,25+,27?;16-,17-,18-,19-,23+,24+;17-,18-,19-,23+,24+/m100/s1. The second-order valence-corrected chi connectivity index (χ2v) is 32.9. The molecule has 4 spiro atoms. The summed E-state index contributed by atoms with van der Waals surface area (Å²) >= 11 is 0. The van der Waals surface area contributed by atoms with Gasteiger partial charge in [0.2, 0.25) is 17.1 Å². The molecule has 1 heterocycles. The van der Waals surface area contributed by atoms with Crippen LogP contribution in [0.4, 0.5) is 0 Å². The van der Waals surface area contributed by atoms with Crippen molar-refractivity contribution >= 4 is 17.3 Å². The monoisotopic (exact) mass is 1130 g/mol. The maximum absolute atomic E-state index is 13.4. The van der Waals surface area contributed by atoms with Crippen LogP contribution in [-0.2, 0) is 19.1 Å². The third-order valence-electron chi connectivity index (χ3n) is 30.6. The molecule has 0 aromatic rings. The van der Waals surface area contributed by atoms with Gasteiger partial charge in [0, 0.05) is 39.1 Å². The number of nitrogens with zero attached hydrogens (tertiary/aromatic N) is 3. The highest BCUT2D eigenvalue weighted by Gasteiger charge is 2.68. The van der Waals surface area contributed by atoms with E-state index in [2.05, 4.69) is 106 Å². The lowest BCUT2D eigenvalue weighted by atomic mass is 9.45. The first-order chi connectivity index (χ1) is 40.1. The number of hydrogen-bond donors (Lipinski definition) is 0. The van der Waals surface area contributed by atoms with E-state index in [9.17, 15) is 14.4 Å². The Morgan fingerprint density at radius 1 is 0.464 bits per heavy atom. The van der Waals surface area contributed by atoms with Crippen LogP contribution in [0.1, 0.15) is 235 Å². The van der Waals surface area contributed by atoms with Gasteiger partial charge in [0.1, 0.15) is 0 Å². The fourth-order valence-corrected chi connectivity index (χ4v) is 26.2. The van der Waals surface area contributed by atoms with Gasteiger partial charge in [0.15, 0.2) is 17.3 Å². The van der Waals surface area contributed by atoms with E-state index in [-0.39, 0.29) is 55.4 Å². The van der Waals surface area contributed by atoms with Crippen molar-refractivity contribution in [2.24, 2.45) is 108 Å². The van der Waals surface area contributed by atoms with Crippen molar-refractivity contribution in [1.82, 2.24) is 0 Å². The van der Waals surface area contributed by atoms with Gasteiger partial charge in [-0.05, 0) is 223 Å². The molecule has 0 bridgehead atoms. The van der Waals surface area contributed by atoms with Gasteiger partial charge in [0.25, 0.3) is 0 Å². The summed E-state index contributed by atoms with van der Waals surface area (Å²) < 4.78 is 6.50. The number of rotatable bonds is 0. The highest BCUT2D eigenvalue weighted by Crippen LogP contribution is 2.74. The minimum Gasteiger partial charge on any atom is -0.374 e. The van der Waals surface area contributed by atoms with Crippen LogP contribution in [0.25, 0.3) is 14.5 Å². The Hall–Kier alpha value is -4.38. The minimum absolute atomic E-state index is 0.0752. The highest BCUT2D eigenvalue weighted by atomic mass is 16.5. The molecule has 1 saturated heterocycles. The third kappa shape index (κ3) is 7.37. The van der Waals surface area contributed by atoms with Crippen molar-refractivity contribution in [3.05, 3.63) is 117 Å². The molecule has 0 aromatic heterocycles. The van der Waals surface area contributed by atoms with Gasteiger partial charge in [-0.15, -0.1) is 0 Å². The van der Waals surface area contributed by atoms with Crippen LogP contribution in [-0.4, -0.2) is 29.6 Å². The molecule has 7 heteroatoms. The van der Waals surface area contributed by atoms with Gasteiger partial charge in [0.05, 0.1) is 25.3 Å². The van der Waals surface area contributed by atoms with Gasteiger partial charge >= 0.3 is 0 Å². The number of Topliss-reactive ketones (excluding diaryl/α,β-unsaturated/α-hetero) is 3. The summed E-state index contributed by atoms with van der Waals surface area (Å²) in [6.45, 7) is 45.6. The molecule has 0 amide bonds. The Bertz CT molecular complexity index is 3190. The van der Waals surface area contributed by atoms with Crippen molar-refractivity contribution < 1.29 is 19.1 Å². The fraction of sp³-hybridized carbons (Fsp3) is 0.740. The molecule has 15 aliphatic carbocycles. The van der Waals surface area contributed by atoms with Gasteiger partial charge in [-0.3, -0.25) is 0 Å². The van der Waals surface area contributed by atoms with Crippen LogP contribution in [0.5, 0.6) is 0 Å². The smallest absolute Gasteiger partial charge is 0.227 e. The molecule has 1 unspecified atom stereocenters. The van der Waals surface area contributed by atoms with Crippen LogP contribution in [0, 0.1) is 128 Å². The van der Waals surface area contributed by atoms with Crippen molar-refractivity contribution in [2.75, 3.05) is 6.61 Å². The summed E-state index contributed by atoms with van der Waals surface area (Å²) in [5.41, 5.74) is 6.90. The molecule has 7 nitrogen and oxygen atoms in total. The van der Waals surface area contributed by atoms with Crippen molar-refractivity contribution in [3.63, 3.8) is 0 Å². The SMILES string of the molecule is [C-]#[N+]C1=C[C@@]2(C)C(=CC[C@@H]3[C@@H]2CC[C@@]2(C)[C@H]3CCC23CCCO3)C2(CCCC2)C1=O.[C-]#[N+]C1=C[C@@]2(C)C(=CC[C@@H]3[C@@H]2CC[C@]2(C)C(=C)CC[C@@H]32)C2(CCCC2)C1=O.[C-]#[N+]C1=C[C@@]2(C)C(=CC[C@H]3[C@@H]4CC[C@H](C)[C@@]4(C)CC[C@@H]32)C2(CCCC2)C1=O. The predicted octanol–water partition coefficient (Wildman–Crippen LogP) is 18.9. The molecule has 17 atom stereocenters. The summed E-state index contributed by atoms with van der Waals surface area (Å²) in [6, 6.07) is 0. The molecule has 1 aliphatic heterocycles. The van der Waals surface area contributed by atoms with Gasteiger partial charge < -0.3 is 19.1 Å². The summed E-state index contributed by atoms with van der Waals surface area (Å²) in [5.74, 6) is 7.33. The Kier molecular flexibility index (Phi) is 13.4. The lowest BCUT2D eigenvalue weighted by molar-refractivity contribution is -0.132. The molecule has 446 valence electrons. The Morgan fingerprint density at radius 2 is 0.881 bits per heavy atom. The molecule has 0 N–H and O–H groups in total. The lowest BCUT2D eigenvalue weighted by Gasteiger charge is -2.60. The number of carbonyl (C=O) groups is 3. The number of ketones is 3. The summed E-state index contributed by atoms with van der Waals surface area (Å²) in [4.78, 5) is 51.2. The van der Waals surface area contributed by atoms with Crippen LogP contribution in [0.2, 0.25) is 0 Å². The van der Waals surface area contributed by atoms with E-state index in [1.165, 1.54) is 119 Å². The van der Waals surface area contributed by atoms with E-state index in [0.717, 1.165) is 120 Å². The van der Waals surface area contributed by atoms with E-state index >= 15 is 0 Å². The Morgan fingerprint density at radius 3 is 1.32 bits per heavy atom. The van der Waals surface area contributed by atoms with E-state index < -0.39 is 0 Å². The normalized spacial score (nSPS) is 47.1. The number of ether oxygens (including phenoxy) is 1. The molecule has 16 aliphatic rings. The summed E-state index contributed by atoms with van der Waals surface area (Å²) in [6.07, 6.45) is 47.4. The van der Waals surface area contributed by atoms with Gasteiger partial charge in [-0.25, -0.2) is 14.5 Å². The molecular formula is C77H99N3O4. The zero-order valence-corrected chi connectivity index (χ0v) is 52.6. The molecule has 0 aromatic carbocycles. The average molecular weight is 1130 g/mol. The number of fused-ring (bicyclic) bond motifs is 19. The van der Waals surface area contributed by atoms with E-state index in [1.54, 1.807) is 0 Å². The topological polar surface area (TPSA) is 73.5 Å². The van der Waals surface area contributed by atoms with Crippen LogP contribution in [0.3, 0.4) is 0 Å². The number of carbonyl (C=O) groups excluding carboxylic acids is 3. The predicted molar refractivity (Wildman–Crippen MR) is 332 cm³/mol. The molecule has 0 radical (unpaired) electrons. The lowest BCUT2D eigenvalue weighted by Crippen LogP contribution is -2.56. The first-order valence-electron chi connectivity index (χ1n) is 34.5. The second kappa shape index (κ2) is 19.6. The fourth-order valence-electron chi connectivity index (χ4n) is 26.2. The number of allylic oxidation sites excluding steroid dienone is 13. The van der Waals surface area contributed by atoms with E-state index in [4.69, 9.17) is 24.5 Å².